The van der Waals surface area contributed by atoms with Crippen LogP contribution in [0.5, 0.6) is 0 Å². The van der Waals surface area contributed by atoms with Crippen LogP contribution in [-0.4, -0.2) is 36.6 Å². The zero-order chi connectivity index (χ0) is 18.7. The second-order valence-corrected chi connectivity index (χ2v) is 7.16. The van der Waals surface area contributed by atoms with E-state index in [-0.39, 0.29) is 24.7 Å². The standard InChI is InChI=1S/C17H15BrClFN4O2/c18-11-1-2-14(22-6-11)16(25)23-13-4-10(3-12(19)5-13)17(8-20)9-26-7-15(21)24-17/h1-6H,7-9H2,(H2,21,24)(H,23,25). The van der Waals surface area contributed by atoms with Crippen LogP contribution in [0.2, 0.25) is 5.02 Å². The zero-order valence-corrected chi connectivity index (χ0v) is 15.8. The summed E-state index contributed by atoms with van der Waals surface area (Å²) in [5.74, 6) is -0.207. The molecule has 1 aromatic heterocycles. The number of halogens is 3. The summed E-state index contributed by atoms with van der Waals surface area (Å²) in [5, 5.41) is 3.03. The van der Waals surface area contributed by atoms with Gasteiger partial charge in [-0.2, -0.15) is 0 Å². The molecule has 1 unspecified atom stereocenters. The van der Waals surface area contributed by atoms with Crippen molar-refractivity contribution in [1.29, 1.82) is 0 Å². The van der Waals surface area contributed by atoms with Crippen molar-refractivity contribution in [3.63, 3.8) is 0 Å². The van der Waals surface area contributed by atoms with Crippen molar-refractivity contribution in [3.05, 3.63) is 57.3 Å². The van der Waals surface area contributed by atoms with Gasteiger partial charge >= 0.3 is 0 Å². The fourth-order valence-corrected chi connectivity index (χ4v) is 3.06. The van der Waals surface area contributed by atoms with E-state index >= 15 is 0 Å². The molecule has 3 N–H and O–H groups in total. The van der Waals surface area contributed by atoms with Crippen molar-refractivity contribution in [2.75, 3.05) is 25.2 Å². The van der Waals surface area contributed by atoms with Crippen molar-refractivity contribution in [3.8, 4) is 0 Å². The van der Waals surface area contributed by atoms with Crippen LogP contribution in [0.25, 0.3) is 0 Å². The minimum atomic E-state index is -1.28. The molecule has 2 heterocycles. The summed E-state index contributed by atoms with van der Waals surface area (Å²) in [6.45, 7) is -0.622. The number of anilines is 1. The molecule has 6 nitrogen and oxygen atoms in total. The van der Waals surface area contributed by atoms with E-state index in [1.165, 1.54) is 6.20 Å². The molecule has 0 aliphatic carbocycles. The van der Waals surface area contributed by atoms with Crippen molar-refractivity contribution in [2.24, 2.45) is 10.7 Å². The van der Waals surface area contributed by atoms with Crippen LogP contribution in [0.15, 0.2) is 46.0 Å². The second kappa shape index (κ2) is 7.69. The largest absolute Gasteiger partial charge is 0.385 e. The zero-order valence-electron chi connectivity index (χ0n) is 13.5. The Morgan fingerprint density at radius 3 is 2.88 bits per heavy atom. The van der Waals surface area contributed by atoms with E-state index < -0.39 is 18.1 Å². The second-order valence-electron chi connectivity index (χ2n) is 5.81. The highest BCUT2D eigenvalue weighted by molar-refractivity contribution is 9.10. The Hall–Kier alpha value is -2.03. The summed E-state index contributed by atoms with van der Waals surface area (Å²) in [7, 11) is 0. The van der Waals surface area contributed by atoms with E-state index in [1.54, 1.807) is 30.3 Å². The molecule has 0 spiro atoms. The number of hydrogen-bond acceptors (Lipinski definition) is 5. The Morgan fingerprint density at radius 2 is 2.23 bits per heavy atom. The van der Waals surface area contributed by atoms with Gasteiger partial charge in [0.2, 0.25) is 0 Å². The molecule has 0 fully saturated rings. The number of carbonyl (C=O) groups excluding carboxylic acids is 1. The number of carbonyl (C=O) groups is 1. The van der Waals surface area contributed by atoms with E-state index in [1.807, 2.05) is 0 Å². The third kappa shape index (κ3) is 4.03. The average molecular weight is 442 g/mol. The Labute approximate surface area is 162 Å². The molecular formula is C17H15BrClFN4O2. The molecule has 136 valence electrons. The maximum atomic E-state index is 13.8. The summed E-state index contributed by atoms with van der Waals surface area (Å²) >= 11 is 9.42. The summed E-state index contributed by atoms with van der Waals surface area (Å²) < 4.78 is 19.9. The predicted octanol–water partition coefficient (Wildman–Crippen LogP) is 3.30. The van der Waals surface area contributed by atoms with Gasteiger partial charge < -0.3 is 15.8 Å². The Kier molecular flexibility index (Phi) is 5.55. The molecule has 0 saturated heterocycles. The number of ether oxygens (including phenoxy) is 1. The van der Waals surface area contributed by atoms with Gasteiger partial charge in [0, 0.05) is 21.4 Å². The van der Waals surface area contributed by atoms with E-state index in [9.17, 15) is 9.18 Å². The summed E-state index contributed by atoms with van der Waals surface area (Å²) in [4.78, 5) is 20.6. The van der Waals surface area contributed by atoms with Gasteiger partial charge in [-0.25, -0.2) is 9.37 Å². The molecule has 1 aromatic carbocycles. The average Bonchev–Trinajstić information content (AvgIpc) is 2.61. The van der Waals surface area contributed by atoms with Crippen molar-refractivity contribution >= 4 is 45.0 Å². The SMILES string of the molecule is NC1=NC(CF)(c2cc(Cl)cc(NC(=O)c3ccc(Br)cn3)c2)COC1. The number of hydrogen-bond donors (Lipinski definition) is 2. The van der Waals surface area contributed by atoms with Crippen LogP contribution in [-0.2, 0) is 10.3 Å². The third-order valence-corrected chi connectivity index (χ3v) is 4.51. The number of pyridine rings is 1. The predicted molar refractivity (Wildman–Crippen MR) is 101 cm³/mol. The molecule has 3 rings (SSSR count). The van der Waals surface area contributed by atoms with Gasteiger partial charge in [0.25, 0.3) is 5.91 Å². The number of amides is 1. The number of aliphatic imine (C=N–C) groups is 1. The van der Waals surface area contributed by atoms with Crippen LogP contribution in [0.4, 0.5) is 10.1 Å². The molecular weight excluding hydrogens is 427 g/mol. The number of aromatic nitrogens is 1. The molecule has 1 atom stereocenters. The monoisotopic (exact) mass is 440 g/mol. The molecule has 0 saturated carbocycles. The number of nitrogens with two attached hydrogens (primary N) is 1. The van der Waals surface area contributed by atoms with Gasteiger partial charge in [-0.15, -0.1) is 0 Å². The van der Waals surface area contributed by atoms with Crippen molar-refractivity contribution in [2.45, 2.75) is 5.54 Å². The van der Waals surface area contributed by atoms with Crippen molar-refractivity contribution in [1.82, 2.24) is 4.98 Å². The molecule has 26 heavy (non-hydrogen) atoms. The van der Waals surface area contributed by atoms with E-state index in [4.69, 9.17) is 22.1 Å². The number of benzene rings is 1. The van der Waals surface area contributed by atoms with Gasteiger partial charge in [-0.05, 0) is 51.8 Å². The quantitative estimate of drug-likeness (QED) is 0.762. The van der Waals surface area contributed by atoms with Crippen LogP contribution < -0.4 is 11.1 Å². The summed E-state index contributed by atoms with van der Waals surface area (Å²) in [6.07, 6.45) is 1.52. The normalized spacial score (nSPS) is 19.7. The molecule has 0 radical (unpaired) electrons. The molecule has 1 aliphatic heterocycles. The lowest BCUT2D eigenvalue weighted by molar-refractivity contribution is 0.0828. The lowest BCUT2D eigenvalue weighted by atomic mass is 9.91. The van der Waals surface area contributed by atoms with Gasteiger partial charge in [0.15, 0.2) is 0 Å². The minimum absolute atomic E-state index is 0.0339. The maximum Gasteiger partial charge on any atom is 0.274 e. The highest BCUT2D eigenvalue weighted by atomic mass is 79.9. The van der Waals surface area contributed by atoms with Gasteiger partial charge in [-0.3, -0.25) is 9.79 Å². The first-order valence-electron chi connectivity index (χ1n) is 7.64. The fourth-order valence-electron chi connectivity index (χ4n) is 2.59. The number of amidine groups is 1. The Bertz CT molecular complexity index is 862. The molecule has 9 heteroatoms. The van der Waals surface area contributed by atoms with E-state index in [2.05, 4.69) is 31.2 Å². The van der Waals surface area contributed by atoms with Crippen LogP contribution in [0, 0.1) is 0 Å². The van der Waals surface area contributed by atoms with E-state index in [0.29, 0.717) is 16.3 Å². The molecule has 1 aliphatic rings. The van der Waals surface area contributed by atoms with Crippen LogP contribution in [0.3, 0.4) is 0 Å². The highest BCUT2D eigenvalue weighted by Gasteiger charge is 2.36. The highest BCUT2D eigenvalue weighted by Crippen LogP contribution is 2.33. The van der Waals surface area contributed by atoms with Gasteiger partial charge in [0.05, 0.1) is 6.61 Å². The molecule has 2 aromatic rings. The minimum Gasteiger partial charge on any atom is -0.385 e. The first-order valence-corrected chi connectivity index (χ1v) is 8.81. The summed E-state index contributed by atoms with van der Waals surface area (Å²) in [6, 6.07) is 8.03. The van der Waals surface area contributed by atoms with Gasteiger partial charge in [0.1, 0.15) is 30.3 Å². The van der Waals surface area contributed by atoms with Crippen molar-refractivity contribution < 1.29 is 13.9 Å². The number of rotatable bonds is 4. The lowest BCUT2D eigenvalue weighted by Gasteiger charge is -2.31. The molecule has 1 amide bonds. The van der Waals surface area contributed by atoms with Crippen LogP contribution >= 0.6 is 27.5 Å². The fraction of sp³-hybridized carbons (Fsp3) is 0.235. The first-order chi connectivity index (χ1) is 12.4. The van der Waals surface area contributed by atoms with E-state index in [0.717, 1.165) is 4.47 Å². The third-order valence-electron chi connectivity index (χ3n) is 3.82. The number of alkyl halides is 1. The van der Waals surface area contributed by atoms with Gasteiger partial charge in [-0.1, -0.05) is 11.6 Å². The topological polar surface area (TPSA) is 89.6 Å². The number of nitrogens with zero attached hydrogens (tertiary/aromatic N) is 2. The summed E-state index contributed by atoms with van der Waals surface area (Å²) in [5.41, 5.74) is 5.54. The molecule has 0 bridgehead atoms. The lowest BCUT2D eigenvalue weighted by Crippen LogP contribution is -2.41. The smallest absolute Gasteiger partial charge is 0.274 e. The Balaban J connectivity index is 1.91. The maximum absolute atomic E-state index is 13.8. The van der Waals surface area contributed by atoms with Crippen LogP contribution in [0.1, 0.15) is 16.1 Å². The number of nitrogens with one attached hydrogen (secondary N) is 1. The Morgan fingerprint density at radius 1 is 1.42 bits per heavy atom. The first kappa shape index (κ1) is 18.8.